The van der Waals surface area contributed by atoms with Crippen LogP contribution in [0.2, 0.25) is 0 Å². The lowest BCUT2D eigenvalue weighted by atomic mass is 10.2. The molecule has 0 amide bonds. The van der Waals surface area contributed by atoms with Gasteiger partial charge in [0.15, 0.2) is 0 Å². The van der Waals surface area contributed by atoms with E-state index < -0.39 is 0 Å². The minimum atomic E-state index is -0.319. The van der Waals surface area contributed by atoms with E-state index in [1.54, 1.807) is 6.33 Å². The molecule has 6 nitrogen and oxygen atoms in total. The molecule has 1 saturated heterocycles. The molecule has 2 rings (SSSR count). The van der Waals surface area contributed by atoms with E-state index in [0.717, 1.165) is 18.2 Å². The van der Waals surface area contributed by atoms with Gasteiger partial charge in [-0.1, -0.05) is 0 Å². The lowest BCUT2D eigenvalue weighted by Crippen LogP contribution is -2.36. The van der Waals surface area contributed by atoms with Crippen LogP contribution in [0.5, 0.6) is 0 Å². The van der Waals surface area contributed by atoms with Gasteiger partial charge >= 0.3 is 0 Å². The Balaban J connectivity index is 0.00000180. The molecule has 2 atom stereocenters. The summed E-state index contributed by atoms with van der Waals surface area (Å²) < 4.78 is 0. The third-order valence-corrected chi connectivity index (χ3v) is 3.46. The van der Waals surface area contributed by atoms with Gasteiger partial charge < -0.3 is 20.6 Å². The topological polar surface area (TPSA) is 78.5 Å². The minimum absolute atomic E-state index is 0. The Labute approximate surface area is 132 Å². The number of nitrogens with zero attached hydrogens (tertiary/aromatic N) is 4. The van der Waals surface area contributed by atoms with E-state index in [2.05, 4.69) is 26.7 Å². The van der Waals surface area contributed by atoms with Crippen molar-refractivity contribution >= 4 is 36.4 Å². The van der Waals surface area contributed by atoms with Crippen molar-refractivity contribution in [1.29, 1.82) is 0 Å². The van der Waals surface area contributed by atoms with E-state index in [4.69, 9.17) is 5.73 Å². The number of nitrogens with two attached hydrogens (primary N) is 1. The Kier molecular flexibility index (Phi) is 8.12. The smallest absolute Gasteiger partial charge is 0.134 e. The van der Waals surface area contributed by atoms with Crippen LogP contribution >= 0.6 is 24.8 Å². The monoisotopic (exact) mass is 323 g/mol. The fraction of sp³-hybridized carbons (Fsp3) is 0.667. The highest BCUT2D eigenvalue weighted by molar-refractivity contribution is 5.85. The van der Waals surface area contributed by atoms with Crippen molar-refractivity contribution in [2.45, 2.75) is 25.5 Å². The quantitative estimate of drug-likeness (QED) is 0.848. The van der Waals surface area contributed by atoms with Gasteiger partial charge in [-0.05, 0) is 13.3 Å². The van der Waals surface area contributed by atoms with Crippen LogP contribution in [0.3, 0.4) is 0 Å². The zero-order chi connectivity index (χ0) is 13.1. The second kappa shape index (κ2) is 8.46. The largest absolute Gasteiger partial charge is 0.391 e. The Morgan fingerprint density at radius 3 is 2.75 bits per heavy atom. The molecule has 0 radical (unpaired) electrons. The molecule has 1 aliphatic rings. The van der Waals surface area contributed by atoms with Crippen LogP contribution in [0.1, 0.15) is 13.3 Å². The first kappa shape index (κ1) is 19.2. The molecule has 1 fully saturated rings. The van der Waals surface area contributed by atoms with E-state index in [-0.39, 0.29) is 37.0 Å². The van der Waals surface area contributed by atoms with E-state index in [9.17, 15) is 5.11 Å². The highest BCUT2D eigenvalue weighted by Gasteiger charge is 2.31. The molecule has 20 heavy (non-hydrogen) atoms. The highest BCUT2D eigenvalue weighted by Crippen LogP contribution is 2.25. The zero-order valence-corrected chi connectivity index (χ0v) is 13.4. The Morgan fingerprint density at radius 2 is 2.15 bits per heavy atom. The minimum Gasteiger partial charge on any atom is -0.391 e. The zero-order valence-electron chi connectivity index (χ0n) is 11.8. The first-order valence-corrected chi connectivity index (χ1v) is 6.33. The molecule has 1 aliphatic heterocycles. The van der Waals surface area contributed by atoms with Gasteiger partial charge in [0.1, 0.15) is 18.0 Å². The molecule has 1 aromatic rings. The van der Waals surface area contributed by atoms with E-state index in [1.165, 1.54) is 0 Å². The second-order valence-corrected chi connectivity index (χ2v) is 4.68. The van der Waals surface area contributed by atoms with Crippen molar-refractivity contribution in [3.8, 4) is 0 Å². The van der Waals surface area contributed by atoms with Gasteiger partial charge in [-0.25, -0.2) is 9.97 Å². The third kappa shape index (κ3) is 4.09. The summed E-state index contributed by atoms with van der Waals surface area (Å²) in [6.07, 6.45) is 1.95. The van der Waals surface area contributed by atoms with Gasteiger partial charge in [0.05, 0.1) is 6.10 Å². The summed E-state index contributed by atoms with van der Waals surface area (Å²) in [6.45, 7) is 4.08. The molecule has 0 bridgehead atoms. The van der Waals surface area contributed by atoms with Crippen LogP contribution < -0.4 is 15.5 Å². The summed E-state index contributed by atoms with van der Waals surface area (Å²) in [5, 5.41) is 9.74. The molecule has 0 aliphatic carbocycles. The fourth-order valence-electron chi connectivity index (χ4n) is 2.26. The van der Waals surface area contributed by atoms with E-state index in [1.807, 2.05) is 13.1 Å². The number of aromatic nitrogens is 2. The van der Waals surface area contributed by atoms with Gasteiger partial charge in [-0.3, -0.25) is 0 Å². The maximum atomic E-state index is 9.74. The van der Waals surface area contributed by atoms with Gasteiger partial charge in [0.25, 0.3) is 0 Å². The Morgan fingerprint density at radius 1 is 1.45 bits per heavy atom. The number of anilines is 2. The van der Waals surface area contributed by atoms with Crippen LogP contribution in [0.15, 0.2) is 12.4 Å². The number of β-amino-alcohol motifs (C(OH)–C–C–N with tert-alkyl or cyclic N) is 1. The van der Waals surface area contributed by atoms with E-state index >= 15 is 0 Å². The predicted octanol–water partition coefficient (Wildman–Crippen LogP) is 0.675. The van der Waals surface area contributed by atoms with Crippen molar-refractivity contribution < 1.29 is 5.11 Å². The van der Waals surface area contributed by atoms with Crippen LogP contribution in [-0.4, -0.2) is 53.9 Å². The van der Waals surface area contributed by atoms with Crippen molar-refractivity contribution in [1.82, 2.24) is 9.97 Å². The normalized spacial score (nSPS) is 21.1. The fourth-order valence-corrected chi connectivity index (χ4v) is 2.26. The highest BCUT2D eigenvalue weighted by atomic mass is 35.5. The first-order chi connectivity index (χ1) is 8.65. The molecule has 2 heterocycles. The number of hydrogen-bond donors (Lipinski definition) is 2. The summed E-state index contributed by atoms with van der Waals surface area (Å²) in [5.74, 6) is 1.73. The van der Waals surface area contributed by atoms with Crippen molar-refractivity contribution in [3.63, 3.8) is 0 Å². The Hall–Kier alpha value is -0.820. The Bertz CT molecular complexity index is 409. The number of aliphatic hydroxyl groups is 1. The third-order valence-electron chi connectivity index (χ3n) is 3.46. The summed E-state index contributed by atoms with van der Waals surface area (Å²) >= 11 is 0. The van der Waals surface area contributed by atoms with Crippen LogP contribution in [0.4, 0.5) is 11.6 Å². The molecule has 8 heteroatoms. The number of rotatable bonds is 4. The van der Waals surface area contributed by atoms with Gasteiger partial charge in [-0.15, -0.1) is 24.8 Å². The maximum Gasteiger partial charge on any atom is 0.134 e. The number of halogens is 2. The van der Waals surface area contributed by atoms with Crippen molar-refractivity contribution in [3.05, 3.63) is 12.4 Å². The van der Waals surface area contributed by atoms with Crippen LogP contribution in [0, 0.1) is 0 Å². The van der Waals surface area contributed by atoms with Gasteiger partial charge in [0.2, 0.25) is 0 Å². The lowest BCUT2D eigenvalue weighted by Gasteiger charge is -2.25. The molecule has 3 N–H and O–H groups in total. The second-order valence-electron chi connectivity index (χ2n) is 4.68. The standard InChI is InChI=1S/C12H21N5O.2ClH/c1-3-16(2)11-5-12(15-8-14-11)17-7-10(18)4-9(17)6-13;;/h5,8-10,18H,3-4,6-7,13H2,1-2H3;2*1H. The molecular formula is C12H23Cl2N5O. The molecule has 0 aromatic carbocycles. The summed E-state index contributed by atoms with van der Waals surface area (Å²) in [7, 11) is 1.99. The molecular weight excluding hydrogens is 301 g/mol. The molecule has 2 unspecified atom stereocenters. The molecule has 0 saturated carbocycles. The van der Waals surface area contributed by atoms with E-state index in [0.29, 0.717) is 19.5 Å². The maximum absolute atomic E-state index is 9.74. The molecule has 116 valence electrons. The van der Waals surface area contributed by atoms with Crippen molar-refractivity contribution in [2.24, 2.45) is 5.73 Å². The lowest BCUT2D eigenvalue weighted by molar-refractivity contribution is 0.194. The first-order valence-electron chi connectivity index (χ1n) is 6.33. The summed E-state index contributed by atoms with van der Waals surface area (Å²) in [5.41, 5.74) is 5.74. The summed E-state index contributed by atoms with van der Waals surface area (Å²) in [6, 6.07) is 2.11. The average Bonchev–Trinajstić information content (AvgIpc) is 2.79. The van der Waals surface area contributed by atoms with Crippen LogP contribution in [0.25, 0.3) is 0 Å². The van der Waals surface area contributed by atoms with Gasteiger partial charge in [-0.2, -0.15) is 0 Å². The molecule has 0 spiro atoms. The average molecular weight is 324 g/mol. The number of aliphatic hydroxyl groups excluding tert-OH is 1. The van der Waals surface area contributed by atoms with Crippen molar-refractivity contribution in [2.75, 3.05) is 36.5 Å². The predicted molar refractivity (Wildman–Crippen MR) is 86.3 cm³/mol. The van der Waals surface area contributed by atoms with Crippen LogP contribution in [-0.2, 0) is 0 Å². The SMILES string of the molecule is CCN(C)c1cc(N2CC(O)CC2CN)ncn1.Cl.Cl. The molecule has 1 aromatic heterocycles. The number of hydrogen-bond acceptors (Lipinski definition) is 6. The van der Waals surface area contributed by atoms with Gasteiger partial charge in [0, 0.05) is 38.8 Å². The summed E-state index contributed by atoms with van der Waals surface area (Å²) in [4.78, 5) is 12.7.